The molecule has 0 bridgehead atoms. The van der Waals surface area contributed by atoms with E-state index in [2.05, 4.69) is 0 Å². The average molecular weight is 433 g/mol. The first-order valence-electron chi connectivity index (χ1n) is 10.1. The van der Waals surface area contributed by atoms with Crippen LogP contribution in [-0.4, -0.2) is 51.6 Å². The third-order valence-corrected chi connectivity index (χ3v) is 7.29. The normalized spacial score (nSPS) is 33.6. The number of hydrogen-bond acceptors (Lipinski definition) is 6. The zero-order chi connectivity index (χ0) is 21.5. The van der Waals surface area contributed by atoms with E-state index in [1.807, 2.05) is 63.2 Å². The molecule has 2 aliphatic heterocycles. The molecule has 6 nitrogen and oxygen atoms in total. The molecule has 30 heavy (non-hydrogen) atoms. The Morgan fingerprint density at radius 3 is 2.37 bits per heavy atom. The second kappa shape index (κ2) is 8.05. The van der Waals surface area contributed by atoms with Crippen molar-refractivity contribution in [3.8, 4) is 5.75 Å². The van der Waals surface area contributed by atoms with E-state index in [-0.39, 0.29) is 12.5 Å². The Balaban J connectivity index is 1.73. The summed E-state index contributed by atoms with van der Waals surface area (Å²) in [5, 5.41) is 12.0. The first-order valence-corrected chi connectivity index (χ1v) is 11.3. The summed E-state index contributed by atoms with van der Waals surface area (Å²) in [6.45, 7) is 5.49. The summed E-state index contributed by atoms with van der Waals surface area (Å²) in [7, 11) is -0.000865. The minimum Gasteiger partial charge on any atom is -0.497 e. The van der Waals surface area contributed by atoms with Crippen LogP contribution in [0.2, 0.25) is 0 Å². The summed E-state index contributed by atoms with van der Waals surface area (Å²) >= 11 is 0. The van der Waals surface area contributed by atoms with Crippen molar-refractivity contribution in [2.24, 2.45) is 0 Å². The Hall–Kier alpha value is -1.77. The molecule has 0 aromatic heterocycles. The molecule has 2 saturated heterocycles. The molecule has 0 radical (unpaired) electrons. The number of aliphatic hydroxyl groups is 1. The molecule has 1 N–H and O–H groups in total. The van der Waals surface area contributed by atoms with Crippen molar-refractivity contribution in [1.82, 2.24) is 0 Å². The molecule has 4 rings (SSSR count). The second-order valence-corrected chi connectivity index (χ2v) is 9.81. The number of benzene rings is 2. The van der Waals surface area contributed by atoms with Crippen LogP contribution < -0.4 is 4.74 Å². The minimum atomic E-state index is -1.61. The summed E-state index contributed by atoms with van der Waals surface area (Å²) in [6.07, 6.45) is -1.33. The Labute approximate surface area is 179 Å². The fourth-order valence-corrected chi connectivity index (χ4v) is 5.75. The molecular weight excluding hydrogens is 404 g/mol. The van der Waals surface area contributed by atoms with Gasteiger partial charge in [-0.05, 0) is 50.6 Å². The molecule has 2 aromatic carbocycles. The van der Waals surface area contributed by atoms with Gasteiger partial charge in [-0.3, -0.25) is 4.21 Å². The van der Waals surface area contributed by atoms with E-state index in [1.165, 1.54) is 0 Å². The van der Waals surface area contributed by atoms with Gasteiger partial charge >= 0.3 is 0 Å². The molecule has 0 saturated carbocycles. The van der Waals surface area contributed by atoms with Gasteiger partial charge in [-0.15, -0.1) is 0 Å². The Morgan fingerprint density at radius 1 is 1.07 bits per heavy atom. The lowest BCUT2D eigenvalue weighted by Gasteiger charge is -2.47. The van der Waals surface area contributed by atoms with Crippen molar-refractivity contribution in [3.63, 3.8) is 0 Å². The van der Waals surface area contributed by atoms with Gasteiger partial charge < -0.3 is 24.1 Å². The van der Waals surface area contributed by atoms with E-state index >= 15 is 0 Å². The van der Waals surface area contributed by atoms with Crippen LogP contribution >= 0.6 is 0 Å². The summed E-state index contributed by atoms with van der Waals surface area (Å²) in [5.41, 5.74) is -1.67. The lowest BCUT2D eigenvalue weighted by Crippen LogP contribution is -2.66. The van der Waals surface area contributed by atoms with E-state index in [1.54, 1.807) is 19.2 Å². The maximum Gasteiger partial charge on any atom is 0.169 e. The maximum atomic E-state index is 13.5. The van der Waals surface area contributed by atoms with Crippen molar-refractivity contribution < 1.29 is 28.3 Å². The molecular formula is C23H28O6S. The van der Waals surface area contributed by atoms with Gasteiger partial charge in [-0.1, -0.05) is 30.3 Å². The zero-order valence-corrected chi connectivity index (χ0v) is 18.4. The van der Waals surface area contributed by atoms with E-state index < -0.39 is 39.8 Å². The van der Waals surface area contributed by atoms with Gasteiger partial charge in [0.1, 0.15) is 23.6 Å². The summed E-state index contributed by atoms with van der Waals surface area (Å²) in [5.74, 6) is -0.146. The number of rotatable bonds is 5. The van der Waals surface area contributed by atoms with Crippen LogP contribution in [0.25, 0.3) is 0 Å². The number of methoxy groups -OCH3 is 1. The van der Waals surface area contributed by atoms with Crippen molar-refractivity contribution in [2.45, 2.75) is 67.2 Å². The van der Waals surface area contributed by atoms with E-state index in [0.717, 1.165) is 11.3 Å². The van der Waals surface area contributed by atoms with Crippen LogP contribution in [-0.2, 0) is 31.4 Å². The van der Waals surface area contributed by atoms with Gasteiger partial charge in [0.2, 0.25) is 0 Å². The summed E-state index contributed by atoms with van der Waals surface area (Å²) in [4.78, 5) is 0.597. The van der Waals surface area contributed by atoms with Gasteiger partial charge in [0, 0.05) is 11.3 Å². The van der Waals surface area contributed by atoms with Crippen LogP contribution in [0, 0.1) is 0 Å². The maximum absolute atomic E-state index is 13.5. The van der Waals surface area contributed by atoms with Crippen LogP contribution in [0.1, 0.15) is 26.3 Å². The van der Waals surface area contributed by atoms with Crippen LogP contribution in [0.15, 0.2) is 59.5 Å². The van der Waals surface area contributed by atoms with Gasteiger partial charge in [-0.2, -0.15) is 0 Å². The predicted molar refractivity (Wildman–Crippen MR) is 113 cm³/mol. The smallest absolute Gasteiger partial charge is 0.169 e. The SMILES string of the molecule is COc1ccc(C[C@]2(O)[C@@H]3OC(C)(C)O[C@@H]3[C@H](C)O[C@@H]2S(=O)c2ccccc2)cc1. The Kier molecular flexibility index (Phi) is 5.76. The van der Waals surface area contributed by atoms with Crippen molar-refractivity contribution in [1.29, 1.82) is 0 Å². The topological polar surface area (TPSA) is 74.2 Å². The lowest BCUT2D eigenvalue weighted by molar-refractivity contribution is -0.211. The zero-order valence-electron chi connectivity index (χ0n) is 17.6. The highest BCUT2D eigenvalue weighted by molar-refractivity contribution is 7.85. The molecule has 7 heteroatoms. The third kappa shape index (κ3) is 3.92. The highest BCUT2D eigenvalue weighted by Gasteiger charge is 2.63. The Morgan fingerprint density at radius 2 is 1.73 bits per heavy atom. The predicted octanol–water partition coefficient (Wildman–Crippen LogP) is 3.04. The first-order chi connectivity index (χ1) is 14.2. The average Bonchev–Trinajstić information content (AvgIpc) is 3.08. The van der Waals surface area contributed by atoms with Crippen LogP contribution in [0.3, 0.4) is 0 Å². The van der Waals surface area contributed by atoms with E-state index in [4.69, 9.17) is 18.9 Å². The summed E-state index contributed by atoms with van der Waals surface area (Å²) < 4.78 is 37.1. The molecule has 0 spiro atoms. The van der Waals surface area contributed by atoms with Gasteiger partial charge in [0.15, 0.2) is 11.2 Å². The van der Waals surface area contributed by atoms with E-state index in [0.29, 0.717) is 4.90 Å². The number of ether oxygens (including phenoxy) is 4. The van der Waals surface area contributed by atoms with Gasteiger partial charge in [0.05, 0.1) is 24.0 Å². The monoisotopic (exact) mass is 432 g/mol. The van der Waals surface area contributed by atoms with Crippen LogP contribution in [0.5, 0.6) is 5.75 Å². The number of hydrogen-bond donors (Lipinski definition) is 1. The fourth-order valence-electron chi connectivity index (χ4n) is 4.21. The standard InChI is InChI=1S/C23H28O6S/c1-15-19-20(29-22(2,3)28-19)23(24,14-16-10-12-17(26-4)13-11-16)21(27-15)30(25)18-8-6-5-7-9-18/h5-13,15,19-21,24H,14H2,1-4H3/t15-,19+,20+,21+,23-,30?/m0/s1. The highest BCUT2D eigenvalue weighted by atomic mass is 32.2. The second-order valence-electron chi connectivity index (χ2n) is 8.32. The van der Waals surface area contributed by atoms with Gasteiger partial charge in [0.25, 0.3) is 0 Å². The third-order valence-electron chi connectivity index (χ3n) is 5.65. The molecule has 1 unspecified atom stereocenters. The highest BCUT2D eigenvalue weighted by Crippen LogP contribution is 2.45. The largest absolute Gasteiger partial charge is 0.497 e. The molecule has 0 aliphatic carbocycles. The quantitative estimate of drug-likeness (QED) is 0.783. The molecule has 2 heterocycles. The van der Waals surface area contributed by atoms with Crippen molar-refractivity contribution >= 4 is 10.8 Å². The molecule has 162 valence electrons. The van der Waals surface area contributed by atoms with Crippen LogP contribution in [0.4, 0.5) is 0 Å². The first kappa shape index (κ1) is 21.5. The van der Waals surface area contributed by atoms with Crippen molar-refractivity contribution in [3.05, 3.63) is 60.2 Å². The fraction of sp³-hybridized carbons (Fsp3) is 0.478. The Bertz CT molecular complexity index is 900. The minimum absolute atomic E-state index is 0.202. The van der Waals surface area contributed by atoms with Gasteiger partial charge in [-0.25, -0.2) is 0 Å². The molecule has 2 aliphatic rings. The number of fused-ring (bicyclic) bond motifs is 1. The van der Waals surface area contributed by atoms with E-state index in [9.17, 15) is 9.32 Å². The molecule has 2 aromatic rings. The molecule has 0 amide bonds. The summed E-state index contributed by atoms with van der Waals surface area (Å²) in [6, 6.07) is 16.5. The lowest BCUT2D eigenvalue weighted by atomic mass is 9.83. The van der Waals surface area contributed by atoms with Crippen molar-refractivity contribution in [2.75, 3.05) is 7.11 Å². The molecule has 2 fully saturated rings. The molecule has 6 atom stereocenters.